The Hall–Kier alpha value is -3.16. The highest BCUT2D eigenvalue weighted by atomic mass is 35.5. The zero-order chi connectivity index (χ0) is 31.9. The van der Waals surface area contributed by atoms with Gasteiger partial charge in [0, 0.05) is 70.4 Å². The van der Waals surface area contributed by atoms with Crippen LogP contribution >= 0.6 is 23.4 Å². The topological polar surface area (TPSA) is 78.7 Å². The number of aliphatic hydroxyl groups is 1. The van der Waals surface area contributed by atoms with E-state index < -0.39 is 56.7 Å². The molecule has 1 spiro atoms. The molecule has 3 heterocycles. The van der Waals surface area contributed by atoms with Crippen LogP contribution in [0, 0.1) is 17.0 Å². The number of aliphatic hydroxyl groups excluding tert-OH is 1. The van der Waals surface area contributed by atoms with Crippen LogP contribution in [0.3, 0.4) is 0 Å². The van der Waals surface area contributed by atoms with E-state index in [9.17, 15) is 32.3 Å². The minimum atomic E-state index is -4.99. The van der Waals surface area contributed by atoms with Gasteiger partial charge in [-0.15, -0.1) is 11.8 Å². The molecule has 2 atom stereocenters. The van der Waals surface area contributed by atoms with Crippen LogP contribution in [0.15, 0.2) is 40.5 Å². The molecule has 1 aliphatic carbocycles. The van der Waals surface area contributed by atoms with Crippen LogP contribution in [0.5, 0.6) is 0 Å². The molecule has 0 radical (unpaired) electrons. The molecule has 2 fully saturated rings. The first-order chi connectivity index (χ1) is 20.6. The van der Waals surface area contributed by atoms with Gasteiger partial charge in [0.25, 0.3) is 0 Å². The zero-order valence-corrected chi connectivity index (χ0v) is 25.3. The summed E-state index contributed by atoms with van der Waals surface area (Å²) in [6.45, 7) is 7.58. The quantitative estimate of drug-likeness (QED) is 0.216. The molecule has 1 N–H and O–H groups in total. The van der Waals surface area contributed by atoms with Crippen molar-refractivity contribution < 1.29 is 31.9 Å². The third-order valence-electron chi connectivity index (χ3n) is 8.78. The normalized spacial score (nSPS) is 25.2. The van der Waals surface area contributed by atoms with Crippen LogP contribution < -0.4 is 10.6 Å². The third kappa shape index (κ3) is 4.96. The molecule has 1 saturated heterocycles. The molecule has 1 aromatic heterocycles. The number of nitrogens with zero attached hydrogens (tertiary/aromatic N) is 4. The number of thioether (sulfide) groups is 1. The minimum Gasteiger partial charge on any atom is -0.393 e. The van der Waals surface area contributed by atoms with Gasteiger partial charge in [-0.2, -0.15) is 18.2 Å². The number of piperazine rings is 1. The molecule has 1 saturated carbocycles. The summed E-state index contributed by atoms with van der Waals surface area (Å²) in [5, 5.41) is 9.64. The van der Waals surface area contributed by atoms with E-state index in [0.717, 1.165) is 23.9 Å². The van der Waals surface area contributed by atoms with Crippen molar-refractivity contribution in [3.63, 3.8) is 0 Å². The van der Waals surface area contributed by atoms with Crippen LogP contribution in [0.1, 0.15) is 32.3 Å². The van der Waals surface area contributed by atoms with Gasteiger partial charge in [-0.25, -0.2) is 13.6 Å². The van der Waals surface area contributed by atoms with E-state index in [1.807, 2.05) is 0 Å². The smallest absolute Gasteiger partial charge is 0.393 e. The van der Waals surface area contributed by atoms with Crippen molar-refractivity contribution in [2.45, 2.75) is 62.5 Å². The number of anilines is 1. The van der Waals surface area contributed by atoms with E-state index in [-0.39, 0.29) is 65.0 Å². The number of carbonyl (C=O) groups excluding carboxylic acids is 1. The van der Waals surface area contributed by atoms with Crippen molar-refractivity contribution in [3.8, 4) is 11.1 Å². The van der Waals surface area contributed by atoms with Crippen LogP contribution in [-0.2, 0) is 17.5 Å². The Morgan fingerprint density at radius 2 is 1.82 bits per heavy atom. The third-order valence-corrected chi connectivity index (χ3v) is 10.5. The largest absolute Gasteiger partial charge is 0.417 e. The molecule has 44 heavy (non-hydrogen) atoms. The summed E-state index contributed by atoms with van der Waals surface area (Å²) < 4.78 is 75.5. The van der Waals surface area contributed by atoms with Crippen LogP contribution in [0.25, 0.3) is 22.0 Å². The molecule has 0 unspecified atom stereocenters. The van der Waals surface area contributed by atoms with E-state index in [1.165, 1.54) is 10.6 Å². The standard InChI is InChI=1S/C30H28ClF5N4O3S/c1-4-23(42)40-14(2)10-38(11-15(40)3)27-18-5-19(30(34,35)36)24(17-6-20(31)22(33)7-21(17)32)26-25(18)39(28(43)37-27)12-29(13-44-26)8-16(41)9-29/h4-7,14-16,41H,1,8-13H2,2-3H3/t14-,15+,16?,29?. The molecule has 2 aromatic carbocycles. The average molecular weight is 655 g/mol. The maximum atomic E-state index is 15.3. The Morgan fingerprint density at radius 3 is 2.41 bits per heavy atom. The molecular formula is C30H28ClF5N4O3S. The molecule has 0 bridgehead atoms. The summed E-state index contributed by atoms with van der Waals surface area (Å²) in [5.74, 6) is -2.38. The van der Waals surface area contributed by atoms with Crippen molar-refractivity contribution in [3.05, 3.63) is 63.6 Å². The van der Waals surface area contributed by atoms with Gasteiger partial charge in [0.15, 0.2) is 0 Å². The number of carbonyl (C=O) groups is 1. The Morgan fingerprint density at radius 1 is 1.16 bits per heavy atom. The molecule has 7 nitrogen and oxygen atoms in total. The number of hydrogen-bond donors (Lipinski definition) is 1. The van der Waals surface area contributed by atoms with Crippen molar-refractivity contribution in [2.75, 3.05) is 23.7 Å². The predicted octanol–water partition coefficient (Wildman–Crippen LogP) is 5.87. The van der Waals surface area contributed by atoms with Gasteiger partial charge in [-0.05, 0) is 44.9 Å². The first-order valence-electron chi connectivity index (χ1n) is 14.0. The lowest BCUT2D eigenvalue weighted by Gasteiger charge is -2.45. The maximum absolute atomic E-state index is 15.3. The summed E-state index contributed by atoms with van der Waals surface area (Å²) in [5.41, 5.74) is -3.43. The van der Waals surface area contributed by atoms with E-state index in [2.05, 4.69) is 11.6 Å². The second kappa shape index (κ2) is 10.7. The van der Waals surface area contributed by atoms with E-state index in [1.54, 1.807) is 23.6 Å². The lowest BCUT2D eigenvalue weighted by Crippen LogP contribution is -2.58. The fourth-order valence-corrected chi connectivity index (χ4v) is 8.62. The number of halogens is 6. The van der Waals surface area contributed by atoms with E-state index >= 15 is 4.39 Å². The molecule has 1 amide bonds. The van der Waals surface area contributed by atoms with Crippen LogP contribution in [0.2, 0.25) is 5.02 Å². The van der Waals surface area contributed by atoms with Gasteiger partial charge < -0.3 is 14.9 Å². The number of hydrogen-bond acceptors (Lipinski definition) is 6. The predicted molar refractivity (Wildman–Crippen MR) is 158 cm³/mol. The second-order valence-electron chi connectivity index (χ2n) is 12.0. The summed E-state index contributed by atoms with van der Waals surface area (Å²) in [7, 11) is 0. The summed E-state index contributed by atoms with van der Waals surface area (Å²) in [6.07, 6.45) is -3.75. The number of alkyl halides is 3. The molecule has 14 heteroatoms. The van der Waals surface area contributed by atoms with Crippen molar-refractivity contribution in [1.82, 2.24) is 14.5 Å². The first-order valence-corrected chi connectivity index (χ1v) is 15.3. The van der Waals surface area contributed by atoms with Gasteiger partial charge in [0.2, 0.25) is 5.91 Å². The summed E-state index contributed by atoms with van der Waals surface area (Å²) in [4.78, 5) is 33.9. The van der Waals surface area contributed by atoms with Gasteiger partial charge >= 0.3 is 11.9 Å². The summed E-state index contributed by atoms with van der Waals surface area (Å²) >= 11 is 6.99. The van der Waals surface area contributed by atoms with Crippen LogP contribution in [-0.4, -0.2) is 62.5 Å². The SMILES string of the molecule is C=CC(=O)N1[C@H](C)CN(c2nc(=O)n3c4c(c(-c5cc(Cl)c(F)cc5F)c(C(F)(F)F)cc24)SCC2(CC(O)C2)C3)C[C@@H]1C. The molecule has 234 valence electrons. The monoisotopic (exact) mass is 654 g/mol. The van der Waals surface area contributed by atoms with Gasteiger partial charge in [-0.1, -0.05) is 18.2 Å². The number of benzene rings is 2. The molecule has 3 aliphatic rings. The highest BCUT2D eigenvalue weighted by Crippen LogP contribution is 2.54. The molecular weight excluding hydrogens is 627 g/mol. The Bertz CT molecular complexity index is 1760. The second-order valence-corrected chi connectivity index (χ2v) is 13.4. The highest BCUT2D eigenvalue weighted by molar-refractivity contribution is 7.99. The Balaban J connectivity index is 1.66. The zero-order valence-electron chi connectivity index (χ0n) is 23.7. The number of aromatic nitrogens is 2. The van der Waals surface area contributed by atoms with Gasteiger partial charge in [0.1, 0.15) is 17.5 Å². The Kier molecular flexibility index (Phi) is 7.52. The fraction of sp³-hybridized carbons (Fsp3) is 0.433. The van der Waals surface area contributed by atoms with Crippen molar-refractivity contribution >= 4 is 46.0 Å². The first kappa shape index (κ1) is 30.8. The molecule has 3 aromatic rings. The summed E-state index contributed by atoms with van der Waals surface area (Å²) in [6, 6.07) is 1.37. The van der Waals surface area contributed by atoms with Gasteiger partial charge in [-0.3, -0.25) is 9.36 Å². The number of amides is 1. The average Bonchev–Trinajstić information content (AvgIpc) is 3.10. The van der Waals surface area contributed by atoms with E-state index in [0.29, 0.717) is 18.9 Å². The molecule has 2 aliphatic heterocycles. The molecule has 6 rings (SSSR count). The van der Waals surface area contributed by atoms with Crippen molar-refractivity contribution in [2.24, 2.45) is 5.41 Å². The van der Waals surface area contributed by atoms with Crippen LogP contribution in [0.4, 0.5) is 27.8 Å². The van der Waals surface area contributed by atoms with Gasteiger partial charge in [0.05, 0.1) is 22.2 Å². The Labute approximate surface area is 258 Å². The van der Waals surface area contributed by atoms with E-state index in [4.69, 9.17) is 11.6 Å². The number of rotatable bonds is 3. The van der Waals surface area contributed by atoms with Crippen molar-refractivity contribution in [1.29, 1.82) is 0 Å². The minimum absolute atomic E-state index is 0.00279. The lowest BCUT2D eigenvalue weighted by molar-refractivity contribution is -0.137. The fourth-order valence-electron chi connectivity index (χ4n) is 6.96. The maximum Gasteiger partial charge on any atom is 0.417 e. The highest BCUT2D eigenvalue weighted by Gasteiger charge is 2.47. The lowest BCUT2D eigenvalue weighted by atomic mass is 9.68.